The van der Waals surface area contributed by atoms with Gasteiger partial charge in [0.25, 0.3) is 0 Å². The minimum Gasteiger partial charge on any atom is -0.497 e. The summed E-state index contributed by atoms with van der Waals surface area (Å²) in [5, 5.41) is 3.12. The van der Waals surface area contributed by atoms with E-state index in [4.69, 9.17) is 4.74 Å². The largest absolute Gasteiger partial charge is 0.497 e. The summed E-state index contributed by atoms with van der Waals surface area (Å²) in [7, 11) is 3.57. The Morgan fingerprint density at radius 3 is 2.58 bits per heavy atom. The van der Waals surface area contributed by atoms with Gasteiger partial charge in [0.05, 0.1) is 18.1 Å². The first kappa shape index (κ1) is 11.6. The van der Waals surface area contributed by atoms with Crippen LogP contribution in [-0.2, 0) is 0 Å². The third-order valence-corrected chi connectivity index (χ3v) is 3.13. The summed E-state index contributed by atoms with van der Waals surface area (Å²) in [6.07, 6.45) is 0. The highest BCUT2D eigenvalue weighted by Crippen LogP contribution is 2.24. The Morgan fingerprint density at radius 2 is 1.89 bits per heavy atom. The fourth-order valence-electron chi connectivity index (χ4n) is 2.05. The van der Waals surface area contributed by atoms with E-state index in [1.807, 2.05) is 43.4 Å². The second-order valence-electron chi connectivity index (χ2n) is 4.30. The van der Waals surface area contributed by atoms with Gasteiger partial charge in [0.15, 0.2) is 0 Å². The summed E-state index contributed by atoms with van der Waals surface area (Å²) >= 11 is 0. The molecule has 1 heterocycles. The minimum atomic E-state index is 0.845. The van der Waals surface area contributed by atoms with E-state index in [1.165, 1.54) is 0 Å². The lowest BCUT2D eigenvalue weighted by molar-refractivity contribution is 0.415. The molecule has 4 nitrogen and oxygen atoms in total. The van der Waals surface area contributed by atoms with Crippen LogP contribution in [0.2, 0.25) is 0 Å². The van der Waals surface area contributed by atoms with E-state index in [1.54, 1.807) is 7.11 Å². The van der Waals surface area contributed by atoms with Crippen molar-refractivity contribution in [2.24, 2.45) is 0 Å². The zero-order chi connectivity index (χ0) is 13.2. The molecule has 0 aliphatic carbocycles. The molecule has 0 unspecified atom stereocenters. The molecule has 2 N–H and O–H groups in total. The minimum absolute atomic E-state index is 0.845. The first-order chi connectivity index (χ1) is 9.30. The van der Waals surface area contributed by atoms with Crippen molar-refractivity contribution >= 4 is 16.7 Å². The number of aromatic amines is 1. The lowest BCUT2D eigenvalue weighted by Gasteiger charge is -2.00. The molecular formula is C15H15N3O. The Kier molecular flexibility index (Phi) is 2.83. The van der Waals surface area contributed by atoms with Crippen molar-refractivity contribution in [1.82, 2.24) is 9.97 Å². The number of methoxy groups -OCH3 is 1. The number of anilines is 1. The van der Waals surface area contributed by atoms with Gasteiger partial charge in [0, 0.05) is 18.3 Å². The highest BCUT2D eigenvalue weighted by Gasteiger charge is 2.05. The number of hydrogen-bond donors (Lipinski definition) is 2. The van der Waals surface area contributed by atoms with Crippen LogP contribution in [0.5, 0.6) is 5.75 Å². The van der Waals surface area contributed by atoms with E-state index < -0.39 is 0 Å². The van der Waals surface area contributed by atoms with Crippen molar-refractivity contribution in [2.75, 3.05) is 19.5 Å². The normalized spacial score (nSPS) is 10.6. The number of aromatic nitrogens is 2. The van der Waals surface area contributed by atoms with Crippen LogP contribution in [0.4, 0.5) is 5.69 Å². The molecule has 0 bridgehead atoms. The summed E-state index contributed by atoms with van der Waals surface area (Å²) in [5.74, 6) is 1.71. The van der Waals surface area contributed by atoms with E-state index in [2.05, 4.69) is 21.4 Å². The van der Waals surface area contributed by atoms with Crippen molar-refractivity contribution in [1.29, 1.82) is 0 Å². The molecular weight excluding hydrogens is 238 g/mol. The van der Waals surface area contributed by atoms with E-state index >= 15 is 0 Å². The topological polar surface area (TPSA) is 49.9 Å². The molecule has 2 aromatic carbocycles. The monoisotopic (exact) mass is 253 g/mol. The van der Waals surface area contributed by atoms with Gasteiger partial charge in [0.2, 0.25) is 0 Å². The van der Waals surface area contributed by atoms with Crippen molar-refractivity contribution in [3.8, 4) is 17.1 Å². The maximum absolute atomic E-state index is 5.16. The zero-order valence-electron chi connectivity index (χ0n) is 10.9. The molecule has 0 radical (unpaired) electrons. The molecule has 1 aromatic heterocycles. The number of fused-ring (bicyclic) bond motifs is 1. The highest BCUT2D eigenvalue weighted by molar-refractivity contribution is 5.82. The molecule has 0 aliphatic rings. The van der Waals surface area contributed by atoms with E-state index in [9.17, 15) is 0 Å². The van der Waals surface area contributed by atoms with Gasteiger partial charge in [-0.25, -0.2) is 4.98 Å². The number of rotatable bonds is 3. The Balaban J connectivity index is 2.04. The van der Waals surface area contributed by atoms with Crippen LogP contribution in [0.15, 0.2) is 42.5 Å². The van der Waals surface area contributed by atoms with Gasteiger partial charge in [-0.3, -0.25) is 0 Å². The van der Waals surface area contributed by atoms with Crippen LogP contribution in [0, 0.1) is 0 Å². The van der Waals surface area contributed by atoms with Gasteiger partial charge in [-0.05, 0) is 42.5 Å². The second-order valence-corrected chi connectivity index (χ2v) is 4.30. The molecule has 0 saturated heterocycles. The Labute approximate surface area is 111 Å². The van der Waals surface area contributed by atoms with Gasteiger partial charge < -0.3 is 15.0 Å². The van der Waals surface area contributed by atoms with Crippen LogP contribution in [0.25, 0.3) is 22.4 Å². The van der Waals surface area contributed by atoms with E-state index in [-0.39, 0.29) is 0 Å². The Morgan fingerprint density at radius 1 is 1.11 bits per heavy atom. The molecule has 0 amide bonds. The van der Waals surface area contributed by atoms with E-state index in [0.29, 0.717) is 0 Å². The molecule has 19 heavy (non-hydrogen) atoms. The zero-order valence-corrected chi connectivity index (χ0v) is 10.9. The maximum Gasteiger partial charge on any atom is 0.138 e. The summed E-state index contributed by atoms with van der Waals surface area (Å²) in [4.78, 5) is 7.92. The van der Waals surface area contributed by atoms with Crippen LogP contribution >= 0.6 is 0 Å². The standard InChI is InChI=1S/C15H15N3O/c1-16-11-5-8-13-14(9-11)18-15(17-13)10-3-6-12(19-2)7-4-10/h3-9,16H,1-2H3,(H,17,18). The molecule has 96 valence electrons. The van der Waals surface area contributed by atoms with Crippen molar-refractivity contribution < 1.29 is 4.74 Å². The number of ether oxygens (including phenoxy) is 1. The number of benzene rings is 2. The molecule has 0 spiro atoms. The molecule has 0 fully saturated rings. The average molecular weight is 253 g/mol. The van der Waals surface area contributed by atoms with Crippen molar-refractivity contribution in [2.45, 2.75) is 0 Å². The highest BCUT2D eigenvalue weighted by atomic mass is 16.5. The third-order valence-electron chi connectivity index (χ3n) is 3.13. The van der Waals surface area contributed by atoms with Crippen LogP contribution in [-0.4, -0.2) is 24.1 Å². The van der Waals surface area contributed by atoms with Crippen LogP contribution in [0.3, 0.4) is 0 Å². The fourth-order valence-corrected chi connectivity index (χ4v) is 2.05. The predicted molar refractivity (Wildman–Crippen MR) is 77.6 cm³/mol. The second kappa shape index (κ2) is 4.65. The quantitative estimate of drug-likeness (QED) is 0.753. The molecule has 0 atom stereocenters. The molecule has 4 heteroatoms. The average Bonchev–Trinajstić information content (AvgIpc) is 2.90. The summed E-state index contributed by atoms with van der Waals surface area (Å²) in [6, 6.07) is 13.9. The number of nitrogens with one attached hydrogen (secondary N) is 2. The Bertz CT molecular complexity index is 701. The van der Waals surface area contributed by atoms with E-state index in [0.717, 1.165) is 33.9 Å². The van der Waals surface area contributed by atoms with Crippen LogP contribution < -0.4 is 10.1 Å². The summed E-state index contributed by atoms with van der Waals surface area (Å²) in [5.41, 5.74) is 4.10. The van der Waals surface area contributed by atoms with Gasteiger partial charge in [-0.15, -0.1) is 0 Å². The molecule has 0 saturated carbocycles. The fraction of sp³-hybridized carbons (Fsp3) is 0.133. The molecule has 0 aliphatic heterocycles. The van der Waals surface area contributed by atoms with Gasteiger partial charge in [-0.2, -0.15) is 0 Å². The first-order valence-electron chi connectivity index (χ1n) is 6.12. The third kappa shape index (κ3) is 2.12. The summed E-state index contributed by atoms with van der Waals surface area (Å²) in [6.45, 7) is 0. The lowest BCUT2D eigenvalue weighted by Crippen LogP contribution is -1.86. The van der Waals surface area contributed by atoms with Crippen LogP contribution in [0.1, 0.15) is 0 Å². The van der Waals surface area contributed by atoms with Gasteiger partial charge in [-0.1, -0.05) is 0 Å². The predicted octanol–water partition coefficient (Wildman–Crippen LogP) is 3.28. The molecule has 3 aromatic rings. The SMILES string of the molecule is CNc1ccc2nc(-c3ccc(OC)cc3)[nH]c2c1. The number of nitrogens with zero attached hydrogens (tertiary/aromatic N) is 1. The Hall–Kier alpha value is -2.49. The number of imidazole rings is 1. The number of hydrogen-bond acceptors (Lipinski definition) is 3. The smallest absolute Gasteiger partial charge is 0.138 e. The maximum atomic E-state index is 5.16. The van der Waals surface area contributed by atoms with Gasteiger partial charge in [0.1, 0.15) is 11.6 Å². The van der Waals surface area contributed by atoms with Gasteiger partial charge >= 0.3 is 0 Å². The first-order valence-corrected chi connectivity index (χ1v) is 6.12. The van der Waals surface area contributed by atoms with Crippen molar-refractivity contribution in [3.05, 3.63) is 42.5 Å². The lowest BCUT2D eigenvalue weighted by atomic mass is 10.2. The molecule has 3 rings (SSSR count). The number of H-pyrrole nitrogens is 1. The summed E-state index contributed by atoms with van der Waals surface area (Å²) < 4.78 is 5.16. The van der Waals surface area contributed by atoms with Crippen molar-refractivity contribution in [3.63, 3.8) is 0 Å².